The summed E-state index contributed by atoms with van der Waals surface area (Å²) in [6.45, 7) is 1.78. The van der Waals surface area contributed by atoms with Crippen LogP contribution >= 0.6 is 0 Å². The monoisotopic (exact) mass is 458 g/mol. The first kappa shape index (κ1) is 22.7. The molecule has 0 bridgehead atoms. The number of hydrogen-bond donors (Lipinski definition) is 2. The van der Waals surface area contributed by atoms with Crippen molar-refractivity contribution in [3.8, 4) is 11.5 Å². The minimum atomic E-state index is -1.10. The third kappa shape index (κ3) is 4.52. The maximum atomic E-state index is 12.9. The molecule has 172 valence electrons. The van der Waals surface area contributed by atoms with E-state index in [1.54, 1.807) is 55.5 Å². The van der Waals surface area contributed by atoms with Crippen LogP contribution in [0.5, 0.6) is 11.5 Å². The number of fused-ring (bicyclic) bond motifs is 1. The Morgan fingerprint density at radius 3 is 2.24 bits per heavy atom. The fraction of sp³-hybridized carbons (Fsp3) is 0.154. The van der Waals surface area contributed by atoms with Crippen molar-refractivity contribution in [1.82, 2.24) is 4.90 Å². The highest BCUT2D eigenvalue weighted by molar-refractivity contribution is 6.22. The minimum Gasteiger partial charge on any atom is -0.508 e. The van der Waals surface area contributed by atoms with E-state index < -0.39 is 23.8 Å². The van der Waals surface area contributed by atoms with Crippen LogP contribution in [0.25, 0.3) is 0 Å². The highest BCUT2D eigenvalue weighted by Crippen LogP contribution is 2.27. The summed E-state index contributed by atoms with van der Waals surface area (Å²) >= 11 is 0. The summed E-state index contributed by atoms with van der Waals surface area (Å²) < 4.78 is 5.16. The SMILES string of the molecule is CCOC(=O)[C@H](Cc1ccc(N=Cc2ccc(O)cc2O)cc1)N1C(=O)c2ccccc2C1=O. The van der Waals surface area contributed by atoms with Crippen LogP contribution in [0.15, 0.2) is 71.7 Å². The Bertz CT molecular complexity index is 1250. The third-order valence-corrected chi connectivity index (χ3v) is 5.43. The summed E-state index contributed by atoms with van der Waals surface area (Å²) in [5.41, 5.74) is 2.27. The maximum absolute atomic E-state index is 12.9. The summed E-state index contributed by atoms with van der Waals surface area (Å²) in [4.78, 5) is 43.8. The molecule has 0 fully saturated rings. The van der Waals surface area contributed by atoms with E-state index in [0.717, 1.165) is 4.90 Å². The fourth-order valence-corrected chi connectivity index (χ4v) is 3.74. The van der Waals surface area contributed by atoms with Crippen molar-refractivity contribution in [1.29, 1.82) is 0 Å². The lowest BCUT2D eigenvalue weighted by Gasteiger charge is -2.24. The number of aliphatic imine (C=N–C) groups is 1. The van der Waals surface area contributed by atoms with Gasteiger partial charge in [-0.05, 0) is 48.9 Å². The van der Waals surface area contributed by atoms with Crippen LogP contribution < -0.4 is 0 Å². The van der Waals surface area contributed by atoms with Gasteiger partial charge in [-0.15, -0.1) is 0 Å². The zero-order valence-corrected chi connectivity index (χ0v) is 18.3. The molecule has 1 aliphatic heterocycles. The number of esters is 1. The number of nitrogens with zero attached hydrogens (tertiary/aromatic N) is 2. The predicted molar refractivity (Wildman–Crippen MR) is 125 cm³/mol. The molecule has 0 radical (unpaired) electrons. The highest BCUT2D eigenvalue weighted by Gasteiger charge is 2.43. The number of amides is 2. The van der Waals surface area contributed by atoms with E-state index in [4.69, 9.17) is 4.74 Å². The number of carbonyl (C=O) groups excluding carboxylic acids is 3. The summed E-state index contributed by atoms with van der Waals surface area (Å²) in [6.07, 6.45) is 1.55. The van der Waals surface area contributed by atoms with E-state index in [-0.39, 0.29) is 35.7 Å². The molecule has 1 atom stereocenters. The van der Waals surface area contributed by atoms with E-state index in [9.17, 15) is 24.6 Å². The molecule has 0 aliphatic carbocycles. The fourth-order valence-electron chi connectivity index (χ4n) is 3.74. The van der Waals surface area contributed by atoms with Gasteiger partial charge >= 0.3 is 5.97 Å². The van der Waals surface area contributed by atoms with Gasteiger partial charge in [0.1, 0.15) is 17.5 Å². The molecule has 0 aromatic heterocycles. The number of benzene rings is 3. The number of hydrogen-bond acceptors (Lipinski definition) is 7. The summed E-state index contributed by atoms with van der Waals surface area (Å²) in [7, 11) is 0. The van der Waals surface area contributed by atoms with Crippen LogP contribution in [0, 0.1) is 0 Å². The molecule has 0 unspecified atom stereocenters. The molecule has 8 heteroatoms. The molecule has 0 saturated heterocycles. The van der Waals surface area contributed by atoms with Crippen molar-refractivity contribution in [3.63, 3.8) is 0 Å². The average Bonchev–Trinajstić information content (AvgIpc) is 3.08. The highest BCUT2D eigenvalue weighted by atomic mass is 16.5. The first-order valence-corrected chi connectivity index (χ1v) is 10.7. The van der Waals surface area contributed by atoms with Crippen LogP contribution in [-0.4, -0.2) is 51.8 Å². The zero-order chi connectivity index (χ0) is 24.2. The molecule has 4 rings (SSSR count). The zero-order valence-electron chi connectivity index (χ0n) is 18.3. The molecular formula is C26H22N2O6. The van der Waals surface area contributed by atoms with E-state index in [1.165, 1.54) is 24.4 Å². The summed E-state index contributed by atoms with van der Waals surface area (Å²) in [5, 5.41) is 19.2. The number of rotatable bonds is 7. The lowest BCUT2D eigenvalue weighted by atomic mass is 10.0. The molecule has 2 N–H and O–H groups in total. The first-order valence-electron chi connectivity index (χ1n) is 10.7. The molecule has 1 heterocycles. The van der Waals surface area contributed by atoms with Crippen LogP contribution in [-0.2, 0) is 16.0 Å². The van der Waals surface area contributed by atoms with Crippen molar-refractivity contribution in [2.75, 3.05) is 6.61 Å². The lowest BCUT2D eigenvalue weighted by molar-refractivity contribution is -0.147. The van der Waals surface area contributed by atoms with Gasteiger partial charge in [0.05, 0.1) is 23.4 Å². The van der Waals surface area contributed by atoms with Gasteiger partial charge in [-0.2, -0.15) is 0 Å². The van der Waals surface area contributed by atoms with Gasteiger partial charge in [-0.25, -0.2) is 4.79 Å². The van der Waals surface area contributed by atoms with Gasteiger partial charge in [0.2, 0.25) is 0 Å². The average molecular weight is 458 g/mol. The number of ether oxygens (including phenoxy) is 1. The van der Waals surface area contributed by atoms with Crippen molar-refractivity contribution >= 4 is 29.7 Å². The predicted octanol–water partition coefficient (Wildman–Crippen LogP) is 3.62. The van der Waals surface area contributed by atoms with Gasteiger partial charge in [0, 0.05) is 24.3 Å². The minimum absolute atomic E-state index is 0.0479. The molecule has 2 amide bonds. The lowest BCUT2D eigenvalue weighted by Crippen LogP contribution is -2.47. The Labute approximate surface area is 195 Å². The summed E-state index contributed by atoms with van der Waals surface area (Å²) in [5.74, 6) is -1.84. The van der Waals surface area contributed by atoms with Gasteiger partial charge in [0.15, 0.2) is 0 Å². The number of phenolic OH excluding ortho intramolecular Hbond substituents is 2. The quantitative estimate of drug-likeness (QED) is 0.317. The number of carbonyl (C=O) groups is 3. The van der Waals surface area contributed by atoms with Crippen LogP contribution in [0.1, 0.15) is 38.8 Å². The number of phenols is 2. The molecule has 3 aromatic carbocycles. The van der Waals surface area contributed by atoms with E-state index in [1.807, 2.05) is 0 Å². The first-order chi connectivity index (χ1) is 16.4. The van der Waals surface area contributed by atoms with Crippen molar-refractivity contribution in [3.05, 3.63) is 89.0 Å². The van der Waals surface area contributed by atoms with E-state index in [0.29, 0.717) is 16.8 Å². The van der Waals surface area contributed by atoms with Crippen molar-refractivity contribution in [2.45, 2.75) is 19.4 Å². The Morgan fingerprint density at radius 2 is 1.65 bits per heavy atom. The maximum Gasteiger partial charge on any atom is 0.329 e. The van der Waals surface area contributed by atoms with Crippen LogP contribution in [0.4, 0.5) is 5.69 Å². The van der Waals surface area contributed by atoms with E-state index >= 15 is 0 Å². The molecule has 0 spiro atoms. The number of imide groups is 1. The van der Waals surface area contributed by atoms with Crippen molar-refractivity contribution in [2.24, 2.45) is 4.99 Å². The van der Waals surface area contributed by atoms with Crippen molar-refractivity contribution < 1.29 is 29.3 Å². The van der Waals surface area contributed by atoms with Gasteiger partial charge in [-0.3, -0.25) is 19.5 Å². The molecular weight excluding hydrogens is 436 g/mol. The second-order valence-corrected chi connectivity index (χ2v) is 7.67. The Morgan fingerprint density at radius 1 is 1.00 bits per heavy atom. The standard InChI is InChI=1S/C26H22N2O6/c1-2-34-26(33)22(28-24(31)20-5-3-4-6-21(20)25(28)32)13-16-7-10-18(11-8-16)27-15-17-9-12-19(29)14-23(17)30/h3-12,14-15,22,29-30H,2,13H2,1H3/t22-/m0/s1. The normalized spacial score (nSPS) is 13.9. The van der Waals surface area contributed by atoms with E-state index in [2.05, 4.69) is 4.99 Å². The Balaban J connectivity index is 1.54. The topological polar surface area (TPSA) is 116 Å². The molecule has 0 saturated carbocycles. The molecule has 8 nitrogen and oxygen atoms in total. The second kappa shape index (κ2) is 9.58. The molecule has 3 aromatic rings. The Kier molecular flexibility index (Phi) is 6.40. The largest absolute Gasteiger partial charge is 0.508 e. The smallest absolute Gasteiger partial charge is 0.329 e. The third-order valence-electron chi connectivity index (χ3n) is 5.43. The molecule has 34 heavy (non-hydrogen) atoms. The number of aromatic hydroxyl groups is 2. The van der Waals surface area contributed by atoms with Gasteiger partial charge < -0.3 is 14.9 Å². The Hall–Kier alpha value is -4.46. The molecule has 1 aliphatic rings. The van der Waals surface area contributed by atoms with Gasteiger partial charge in [0.25, 0.3) is 11.8 Å². The van der Waals surface area contributed by atoms with Crippen LogP contribution in [0.3, 0.4) is 0 Å². The second-order valence-electron chi connectivity index (χ2n) is 7.67. The van der Waals surface area contributed by atoms with Crippen LogP contribution in [0.2, 0.25) is 0 Å². The van der Waals surface area contributed by atoms with Gasteiger partial charge in [-0.1, -0.05) is 24.3 Å². The summed E-state index contributed by atoms with van der Waals surface area (Å²) in [6, 6.07) is 16.5.